The number of nitrogens with one attached hydrogen (secondary N) is 1. The zero-order valence-corrected chi connectivity index (χ0v) is 14.1. The largest absolute Gasteiger partial charge is 0.496 e. The molecule has 0 aliphatic rings. The van der Waals surface area contributed by atoms with E-state index in [4.69, 9.17) is 4.74 Å². The van der Waals surface area contributed by atoms with Crippen LogP contribution in [0.3, 0.4) is 0 Å². The van der Waals surface area contributed by atoms with Crippen LogP contribution in [0.2, 0.25) is 0 Å². The quantitative estimate of drug-likeness (QED) is 0.738. The van der Waals surface area contributed by atoms with E-state index in [-0.39, 0.29) is 5.91 Å². The highest BCUT2D eigenvalue weighted by Gasteiger charge is 2.10. The van der Waals surface area contributed by atoms with Crippen molar-refractivity contribution < 1.29 is 9.53 Å². The van der Waals surface area contributed by atoms with E-state index in [1.54, 1.807) is 29.8 Å². The smallest absolute Gasteiger partial charge is 0.251 e. The highest BCUT2D eigenvalue weighted by molar-refractivity contribution is 9.10. The standard InChI is InChI=1S/C14H13BrN4O2S/c1-21-12-3-2-9(6-11(12)15)13(20)16-5-4-10-7-22-14-17-8-18-19(10)14/h2-3,6-8H,4-5H2,1H3,(H,16,20). The molecule has 0 bridgehead atoms. The van der Waals surface area contributed by atoms with Gasteiger partial charge in [0.2, 0.25) is 4.96 Å². The average molecular weight is 381 g/mol. The number of carbonyl (C=O) groups is 1. The minimum Gasteiger partial charge on any atom is -0.496 e. The second kappa shape index (κ2) is 6.45. The Labute approximate surface area is 139 Å². The molecule has 0 aliphatic carbocycles. The number of benzene rings is 1. The molecule has 0 aliphatic heterocycles. The fraction of sp³-hybridized carbons (Fsp3) is 0.214. The number of ether oxygens (including phenoxy) is 1. The van der Waals surface area contributed by atoms with Crippen LogP contribution in [0.5, 0.6) is 5.75 Å². The van der Waals surface area contributed by atoms with Gasteiger partial charge >= 0.3 is 0 Å². The Morgan fingerprint density at radius 1 is 1.50 bits per heavy atom. The van der Waals surface area contributed by atoms with E-state index in [0.29, 0.717) is 24.3 Å². The van der Waals surface area contributed by atoms with E-state index in [1.807, 2.05) is 5.38 Å². The Kier molecular flexibility index (Phi) is 4.39. The topological polar surface area (TPSA) is 68.5 Å². The number of halogens is 1. The molecule has 114 valence electrons. The Hall–Kier alpha value is -1.93. The van der Waals surface area contributed by atoms with E-state index < -0.39 is 0 Å². The van der Waals surface area contributed by atoms with E-state index in [9.17, 15) is 4.79 Å². The summed E-state index contributed by atoms with van der Waals surface area (Å²) in [7, 11) is 1.59. The molecular weight excluding hydrogens is 368 g/mol. The molecule has 8 heteroatoms. The molecule has 6 nitrogen and oxygen atoms in total. The van der Waals surface area contributed by atoms with Gasteiger partial charge in [-0.15, -0.1) is 11.3 Å². The normalized spacial score (nSPS) is 10.8. The van der Waals surface area contributed by atoms with Crippen molar-refractivity contribution in [2.75, 3.05) is 13.7 Å². The summed E-state index contributed by atoms with van der Waals surface area (Å²) in [5, 5.41) is 9.06. The number of thiazole rings is 1. The number of amides is 1. The molecule has 3 aromatic rings. The highest BCUT2D eigenvalue weighted by Crippen LogP contribution is 2.25. The van der Waals surface area contributed by atoms with Gasteiger partial charge in [-0.1, -0.05) is 0 Å². The van der Waals surface area contributed by atoms with Gasteiger partial charge in [-0.05, 0) is 34.1 Å². The molecule has 0 atom stereocenters. The molecule has 0 spiro atoms. The number of aromatic nitrogens is 3. The maximum absolute atomic E-state index is 12.1. The lowest BCUT2D eigenvalue weighted by molar-refractivity contribution is 0.0954. The van der Waals surface area contributed by atoms with Crippen molar-refractivity contribution in [2.24, 2.45) is 0 Å². The van der Waals surface area contributed by atoms with Gasteiger partial charge in [0.1, 0.15) is 12.1 Å². The van der Waals surface area contributed by atoms with E-state index in [0.717, 1.165) is 15.1 Å². The summed E-state index contributed by atoms with van der Waals surface area (Å²) < 4.78 is 7.70. The summed E-state index contributed by atoms with van der Waals surface area (Å²) in [5.74, 6) is 0.580. The van der Waals surface area contributed by atoms with Crippen LogP contribution in [0.4, 0.5) is 0 Å². The lowest BCUT2D eigenvalue weighted by Gasteiger charge is -2.07. The molecule has 22 heavy (non-hydrogen) atoms. The van der Waals surface area contributed by atoms with Crippen molar-refractivity contribution in [2.45, 2.75) is 6.42 Å². The maximum atomic E-state index is 12.1. The third-order valence-electron chi connectivity index (χ3n) is 3.17. The Morgan fingerprint density at radius 2 is 2.36 bits per heavy atom. The fourth-order valence-electron chi connectivity index (χ4n) is 2.06. The van der Waals surface area contributed by atoms with Crippen LogP contribution < -0.4 is 10.1 Å². The molecule has 3 rings (SSSR count). The van der Waals surface area contributed by atoms with Crippen LogP contribution in [-0.4, -0.2) is 34.2 Å². The number of rotatable bonds is 5. The number of hydrogen-bond donors (Lipinski definition) is 1. The highest BCUT2D eigenvalue weighted by atomic mass is 79.9. The predicted octanol–water partition coefficient (Wildman–Crippen LogP) is 2.53. The molecular formula is C14H13BrN4O2S. The Balaban J connectivity index is 1.60. The molecule has 1 aromatic carbocycles. The van der Waals surface area contributed by atoms with Gasteiger partial charge in [0.15, 0.2) is 0 Å². The van der Waals surface area contributed by atoms with Gasteiger partial charge in [0.05, 0.1) is 17.3 Å². The molecule has 1 N–H and O–H groups in total. The monoisotopic (exact) mass is 380 g/mol. The summed E-state index contributed by atoms with van der Waals surface area (Å²) in [6.45, 7) is 0.536. The van der Waals surface area contributed by atoms with Crippen LogP contribution in [0.15, 0.2) is 34.4 Å². The number of carbonyl (C=O) groups excluding carboxylic acids is 1. The summed E-state index contributed by atoms with van der Waals surface area (Å²) >= 11 is 4.91. The van der Waals surface area contributed by atoms with Gasteiger partial charge in [-0.25, -0.2) is 9.50 Å². The molecule has 0 unspecified atom stereocenters. The summed E-state index contributed by atoms with van der Waals surface area (Å²) in [5.41, 5.74) is 1.62. The summed E-state index contributed by atoms with van der Waals surface area (Å²) in [4.78, 5) is 17.1. The fourth-order valence-corrected chi connectivity index (χ4v) is 3.43. The lowest BCUT2D eigenvalue weighted by Crippen LogP contribution is -2.26. The van der Waals surface area contributed by atoms with Crippen molar-refractivity contribution >= 4 is 38.1 Å². The van der Waals surface area contributed by atoms with Gasteiger partial charge in [-0.2, -0.15) is 5.10 Å². The van der Waals surface area contributed by atoms with Crippen LogP contribution in [0.1, 0.15) is 16.1 Å². The second-order valence-electron chi connectivity index (χ2n) is 4.54. The SMILES string of the molecule is COc1ccc(C(=O)NCCc2csc3ncnn23)cc1Br. The van der Waals surface area contributed by atoms with Crippen molar-refractivity contribution in [3.05, 3.63) is 45.6 Å². The van der Waals surface area contributed by atoms with Gasteiger partial charge in [0, 0.05) is 23.9 Å². The molecule has 1 amide bonds. The zero-order chi connectivity index (χ0) is 15.5. The molecule has 2 aromatic heterocycles. The van der Waals surface area contributed by atoms with Crippen LogP contribution in [-0.2, 0) is 6.42 Å². The first-order chi connectivity index (χ1) is 10.7. The van der Waals surface area contributed by atoms with Crippen LogP contribution in [0.25, 0.3) is 4.96 Å². The first kappa shape index (κ1) is 15.0. The van der Waals surface area contributed by atoms with Gasteiger partial charge in [0.25, 0.3) is 5.91 Å². The second-order valence-corrected chi connectivity index (χ2v) is 6.23. The third kappa shape index (κ3) is 2.97. The van der Waals surface area contributed by atoms with E-state index in [2.05, 4.69) is 31.3 Å². The minimum atomic E-state index is -0.117. The lowest BCUT2D eigenvalue weighted by atomic mass is 10.2. The zero-order valence-electron chi connectivity index (χ0n) is 11.7. The minimum absolute atomic E-state index is 0.117. The summed E-state index contributed by atoms with van der Waals surface area (Å²) in [6.07, 6.45) is 2.23. The van der Waals surface area contributed by atoms with E-state index >= 15 is 0 Å². The van der Waals surface area contributed by atoms with Crippen LogP contribution >= 0.6 is 27.3 Å². The predicted molar refractivity (Wildman–Crippen MR) is 87.6 cm³/mol. The van der Waals surface area contributed by atoms with Crippen LogP contribution in [0, 0.1) is 0 Å². The summed E-state index contributed by atoms with van der Waals surface area (Å²) in [6, 6.07) is 5.24. The van der Waals surface area contributed by atoms with Crippen molar-refractivity contribution in [3.8, 4) is 5.75 Å². The van der Waals surface area contributed by atoms with Crippen molar-refractivity contribution in [1.82, 2.24) is 19.9 Å². The maximum Gasteiger partial charge on any atom is 0.251 e. The van der Waals surface area contributed by atoms with Crippen molar-refractivity contribution in [1.29, 1.82) is 0 Å². The number of hydrogen-bond acceptors (Lipinski definition) is 5. The first-order valence-corrected chi connectivity index (χ1v) is 8.24. The Morgan fingerprint density at radius 3 is 3.14 bits per heavy atom. The van der Waals surface area contributed by atoms with Gasteiger partial charge in [-0.3, -0.25) is 4.79 Å². The van der Waals surface area contributed by atoms with Crippen molar-refractivity contribution in [3.63, 3.8) is 0 Å². The average Bonchev–Trinajstić information content (AvgIpc) is 3.11. The molecule has 2 heterocycles. The molecule has 0 radical (unpaired) electrons. The molecule has 0 saturated carbocycles. The molecule has 0 fully saturated rings. The number of fused-ring (bicyclic) bond motifs is 1. The van der Waals surface area contributed by atoms with E-state index in [1.165, 1.54) is 17.7 Å². The number of nitrogens with zero attached hydrogens (tertiary/aromatic N) is 3. The number of methoxy groups -OCH3 is 1. The third-order valence-corrected chi connectivity index (χ3v) is 4.67. The Bertz CT molecular complexity index is 814. The van der Waals surface area contributed by atoms with Gasteiger partial charge < -0.3 is 10.1 Å². The molecule has 0 saturated heterocycles. The first-order valence-electron chi connectivity index (χ1n) is 6.57.